The van der Waals surface area contributed by atoms with Crippen LogP contribution in [0.25, 0.3) is 0 Å². The summed E-state index contributed by atoms with van der Waals surface area (Å²) in [5, 5.41) is 10.1. The molecule has 4 nitrogen and oxygen atoms in total. The topological polar surface area (TPSA) is 53.4 Å². The number of thiazole rings is 1. The zero-order valence-corrected chi connectivity index (χ0v) is 12.2. The van der Waals surface area contributed by atoms with Gasteiger partial charge >= 0.3 is 5.97 Å². The van der Waals surface area contributed by atoms with Crippen molar-refractivity contribution in [2.75, 3.05) is 13.6 Å². The molecule has 1 aromatic heterocycles. The maximum atomic E-state index is 11.2. The number of aromatic carboxylic acids is 1. The van der Waals surface area contributed by atoms with Gasteiger partial charge < -0.3 is 10.0 Å². The van der Waals surface area contributed by atoms with Gasteiger partial charge in [-0.25, -0.2) is 9.78 Å². The van der Waals surface area contributed by atoms with Gasteiger partial charge in [0, 0.05) is 6.54 Å². The van der Waals surface area contributed by atoms with E-state index in [4.69, 9.17) is 5.11 Å². The molecule has 0 aliphatic heterocycles. The first-order valence-electron chi connectivity index (χ1n) is 6.48. The fourth-order valence-electron chi connectivity index (χ4n) is 1.75. The van der Waals surface area contributed by atoms with Crippen LogP contribution in [-0.2, 0) is 13.0 Å². The lowest BCUT2D eigenvalue weighted by atomic mass is 10.3. The van der Waals surface area contributed by atoms with Crippen LogP contribution in [0.5, 0.6) is 0 Å². The minimum Gasteiger partial charge on any atom is -0.476 e. The van der Waals surface area contributed by atoms with Gasteiger partial charge in [0.25, 0.3) is 0 Å². The summed E-state index contributed by atoms with van der Waals surface area (Å²) in [6, 6.07) is 0. The van der Waals surface area contributed by atoms with E-state index in [1.807, 2.05) is 7.05 Å². The highest BCUT2D eigenvalue weighted by Crippen LogP contribution is 2.21. The minimum absolute atomic E-state index is 0.242. The van der Waals surface area contributed by atoms with Crippen molar-refractivity contribution in [3.05, 3.63) is 15.6 Å². The predicted octanol–water partition coefficient (Wildman–Crippen LogP) is 3.03. The molecular weight excluding hydrogens is 248 g/mol. The number of hydrogen-bond acceptors (Lipinski definition) is 4. The number of aryl methyl sites for hydroxylation is 1. The maximum absolute atomic E-state index is 11.2. The lowest BCUT2D eigenvalue weighted by Gasteiger charge is -2.14. The smallest absolute Gasteiger partial charge is 0.355 e. The Hall–Kier alpha value is -0.940. The third kappa shape index (κ3) is 4.38. The molecule has 18 heavy (non-hydrogen) atoms. The summed E-state index contributed by atoms with van der Waals surface area (Å²) in [4.78, 5) is 18.4. The second-order valence-electron chi connectivity index (χ2n) is 4.53. The van der Waals surface area contributed by atoms with Crippen molar-refractivity contribution in [2.45, 2.75) is 46.1 Å². The van der Waals surface area contributed by atoms with E-state index in [0.717, 1.165) is 42.1 Å². The summed E-state index contributed by atoms with van der Waals surface area (Å²) in [5.41, 5.74) is 0.242. The third-order valence-electron chi connectivity index (χ3n) is 2.71. The Labute approximate surface area is 113 Å². The van der Waals surface area contributed by atoms with E-state index >= 15 is 0 Å². The van der Waals surface area contributed by atoms with Gasteiger partial charge in [0.05, 0.1) is 9.88 Å². The summed E-state index contributed by atoms with van der Waals surface area (Å²) >= 11 is 1.54. The van der Waals surface area contributed by atoms with Gasteiger partial charge in [-0.3, -0.25) is 0 Å². The average molecular weight is 270 g/mol. The van der Waals surface area contributed by atoms with Crippen LogP contribution in [0.2, 0.25) is 0 Å². The largest absolute Gasteiger partial charge is 0.476 e. The van der Waals surface area contributed by atoms with Gasteiger partial charge in [-0.2, -0.15) is 0 Å². The molecule has 0 amide bonds. The molecule has 0 spiro atoms. The van der Waals surface area contributed by atoms with E-state index < -0.39 is 5.97 Å². The fourth-order valence-corrected chi connectivity index (χ4v) is 2.99. The van der Waals surface area contributed by atoms with Crippen molar-refractivity contribution in [1.29, 1.82) is 0 Å². The Morgan fingerprint density at radius 1 is 1.39 bits per heavy atom. The number of rotatable bonds is 8. The van der Waals surface area contributed by atoms with E-state index in [0.29, 0.717) is 6.54 Å². The van der Waals surface area contributed by atoms with Crippen LogP contribution >= 0.6 is 11.3 Å². The van der Waals surface area contributed by atoms with Gasteiger partial charge in [-0.15, -0.1) is 11.3 Å². The van der Waals surface area contributed by atoms with Crippen LogP contribution in [0, 0.1) is 0 Å². The van der Waals surface area contributed by atoms with Crippen molar-refractivity contribution >= 4 is 17.3 Å². The Bertz CT molecular complexity index is 390. The third-order valence-corrected chi connectivity index (χ3v) is 3.81. The van der Waals surface area contributed by atoms with Crippen LogP contribution in [0.3, 0.4) is 0 Å². The number of carboxylic acid groups (broad SMARTS) is 1. The van der Waals surface area contributed by atoms with E-state index in [-0.39, 0.29) is 5.69 Å². The van der Waals surface area contributed by atoms with Gasteiger partial charge in [0.1, 0.15) is 0 Å². The van der Waals surface area contributed by atoms with E-state index in [2.05, 4.69) is 23.7 Å². The molecule has 0 saturated carbocycles. The molecule has 0 fully saturated rings. The van der Waals surface area contributed by atoms with Crippen LogP contribution in [-0.4, -0.2) is 34.6 Å². The molecule has 0 atom stereocenters. The van der Waals surface area contributed by atoms with Gasteiger partial charge in [-0.05, 0) is 32.9 Å². The number of unbranched alkanes of at least 4 members (excludes halogenated alkanes) is 1. The SMILES string of the molecule is CCCCN(C)Cc1sc(CCC)nc1C(=O)O. The van der Waals surface area contributed by atoms with Gasteiger partial charge in [0.2, 0.25) is 0 Å². The molecule has 1 rings (SSSR count). The lowest BCUT2D eigenvalue weighted by Crippen LogP contribution is -2.19. The normalized spacial score (nSPS) is 11.1. The second kappa shape index (κ2) is 7.48. The van der Waals surface area contributed by atoms with Crippen molar-refractivity contribution in [3.8, 4) is 0 Å². The highest BCUT2D eigenvalue weighted by Gasteiger charge is 2.17. The van der Waals surface area contributed by atoms with Crippen molar-refractivity contribution < 1.29 is 9.90 Å². The zero-order valence-electron chi connectivity index (χ0n) is 11.4. The van der Waals surface area contributed by atoms with Gasteiger partial charge in [0.15, 0.2) is 5.69 Å². The minimum atomic E-state index is -0.910. The molecule has 1 heterocycles. The molecule has 5 heteroatoms. The molecule has 0 aliphatic carbocycles. The maximum Gasteiger partial charge on any atom is 0.355 e. The first-order valence-corrected chi connectivity index (χ1v) is 7.30. The van der Waals surface area contributed by atoms with E-state index in [9.17, 15) is 4.79 Å². The van der Waals surface area contributed by atoms with Crippen LogP contribution in [0.4, 0.5) is 0 Å². The molecule has 1 N–H and O–H groups in total. The standard InChI is InChI=1S/C13H22N2O2S/c1-4-6-8-15(3)9-10-12(13(16)17)14-11(18-10)7-5-2/h4-9H2,1-3H3,(H,16,17). The summed E-state index contributed by atoms with van der Waals surface area (Å²) in [5.74, 6) is -0.910. The monoisotopic (exact) mass is 270 g/mol. The van der Waals surface area contributed by atoms with Crippen molar-refractivity contribution in [3.63, 3.8) is 0 Å². The van der Waals surface area contributed by atoms with Crippen LogP contribution in [0.1, 0.15) is 53.5 Å². The van der Waals surface area contributed by atoms with Crippen molar-refractivity contribution in [2.24, 2.45) is 0 Å². The summed E-state index contributed by atoms with van der Waals surface area (Å²) in [6.45, 7) is 5.91. The number of hydrogen-bond donors (Lipinski definition) is 1. The van der Waals surface area contributed by atoms with Crippen LogP contribution in [0.15, 0.2) is 0 Å². The lowest BCUT2D eigenvalue weighted by molar-refractivity contribution is 0.0689. The zero-order chi connectivity index (χ0) is 13.5. The molecule has 0 aromatic carbocycles. The van der Waals surface area contributed by atoms with Gasteiger partial charge in [-0.1, -0.05) is 20.3 Å². The molecule has 0 bridgehead atoms. The second-order valence-corrected chi connectivity index (χ2v) is 5.69. The fraction of sp³-hybridized carbons (Fsp3) is 0.692. The quantitative estimate of drug-likeness (QED) is 0.789. The Morgan fingerprint density at radius 2 is 2.11 bits per heavy atom. The number of carbonyl (C=O) groups is 1. The number of aromatic nitrogens is 1. The van der Waals surface area contributed by atoms with E-state index in [1.54, 1.807) is 11.3 Å². The molecule has 0 unspecified atom stereocenters. The Balaban J connectivity index is 2.75. The summed E-state index contributed by atoms with van der Waals surface area (Å²) < 4.78 is 0. The molecule has 0 saturated heterocycles. The highest BCUT2D eigenvalue weighted by molar-refractivity contribution is 7.11. The first-order chi connectivity index (χ1) is 8.58. The first kappa shape index (κ1) is 15.1. The highest BCUT2D eigenvalue weighted by atomic mass is 32.1. The summed E-state index contributed by atoms with van der Waals surface area (Å²) in [7, 11) is 2.03. The molecule has 1 aromatic rings. The number of carboxylic acids is 1. The molecular formula is C13H22N2O2S. The summed E-state index contributed by atoms with van der Waals surface area (Å²) in [6.07, 6.45) is 4.15. The molecule has 0 aliphatic rings. The predicted molar refractivity (Wildman–Crippen MR) is 74.3 cm³/mol. The molecule has 0 radical (unpaired) electrons. The van der Waals surface area contributed by atoms with Crippen molar-refractivity contribution in [1.82, 2.24) is 9.88 Å². The number of nitrogens with zero attached hydrogens (tertiary/aromatic N) is 2. The Kier molecular flexibility index (Phi) is 6.29. The van der Waals surface area contributed by atoms with E-state index in [1.165, 1.54) is 0 Å². The Morgan fingerprint density at radius 3 is 2.67 bits per heavy atom. The molecule has 102 valence electrons. The average Bonchev–Trinajstić information content (AvgIpc) is 2.70. The van der Waals surface area contributed by atoms with Crippen LogP contribution < -0.4 is 0 Å².